The van der Waals surface area contributed by atoms with Gasteiger partial charge in [0, 0.05) is 29.1 Å². The summed E-state index contributed by atoms with van der Waals surface area (Å²) in [4.78, 5) is 9.76. The number of benzene rings is 6. The van der Waals surface area contributed by atoms with Crippen molar-refractivity contribution in [3.63, 3.8) is 0 Å². The van der Waals surface area contributed by atoms with Crippen molar-refractivity contribution in [2.24, 2.45) is 0 Å². The van der Waals surface area contributed by atoms with Crippen LogP contribution in [0.5, 0.6) is 0 Å². The molecule has 0 N–H and O–H groups in total. The molecule has 7 rings (SSSR count). The van der Waals surface area contributed by atoms with Crippen molar-refractivity contribution in [2.45, 2.75) is 0 Å². The molecule has 0 amide bonds. The predicted molar refractivity (Wildman–Crippen MR) is 175 cm³/mol. The molecule has 0 saturated heterocycles. The fraction of sp³-hybridized carbons (Fsp3) is 0. The fourth-order valence-corrected chi connectivity index (χ4v) is 5.87. The topological polar surface area (TPSA) is 25.8 Å². The van der Waals surface area contributed by atoms with Crippen LogP contribution in [-0.4, -0.2) is 9.97 Å². The lowest BCUT2D eigenvalue weighted by molar-refractivity contribution is 1.18. The van der Waals surface area contributed by atoms with Gasteiger partial charge in [-0.15, -0.1) is 0 Å². The van der Waals surface area contributed by atoms with E-state index in [-0.39, 0.29) is 0 Å². The zero-order chi connectivity index (χ0) is 28.1. The highest BCUT2D eigenvalue weighted by Crippen LogP contribution is 2.55. The van der Waals surface area contributed by atoms with Gasteiger partial charge in [-0.3, -0.25) is 0 Å². The van der Waals surface area contributed by atoms with Gasteiger partial charge < -0.3 is 0 Å². The zero-order valence-corrected chi connectivity index (χ0v) is 23.1. The maximum absolute atomic E-state index is 4.88. The molecule has 42 heavy (non-hydrogen) atoms. The van der Waals surface area contributed by atoms with E-state index in [0.29, 0.717) is 5.82 Å². The average Bonchev–Trinajstić information content (AvgIpc) is 3.09. The van der Waals surface area contributed by atoms with Gasteiger partial charge >= 0.3 is 0 Å². The first-order valence-electron chi connectivity index (χ1n) is 14.2. The third kappa shape index (κ3) is 4.70. The fourth-order valence-electron chi connectivity index (χ4n) is 5.87. The maximum atomic E-state index is 4.88. The van der Waals surface area contributed by atoms with Crippen molar-refractivity contribution in [1.82, 2.24) is 9.97 Å². The molecule has 0 atom stereocenters. The van der Waals surface area contributed by atoms with Crippen LogP contribution < -0.4 is 0 Å². The highest BCUT2D eigenvalue weighted by atomic mass is 14.9. The Bertz CT molecular complexity index is 1520. The Balaban J connectivity index is 1.81. The summed E-state index contributed by atoms with van der Waals surface area (Å²) >= 11 is 0. The Kier molecular flexibility index (Phi) is 6.94. The van der Waals surface area contributed by atoms with Crippen LogP contribution in [0.15, 0.2) is 170 Å². The van der Waals surface area contributed by atoms with Gasteiger partial charge in [0.25, 0.3) is 0 Å². The minimum Gasteiger partial charge on any atom is -0.237 e. The second kappa shape index (κ2) is 11.5. The largest absolute Gasteiger partial charge is 0.237 e. The smallest absolute Gasteiger partial charge is 0.160 e. The lowest BCUT2D eigenvalue weighted by Gasteiger charge is -2.28. The highest BCUT2D eigenvalue weighted by Gasteiger charge is 2.29. The van der Waals surface area contributed by atoms with Crippen LogP contribution >= 0.6 is 0 Å². The Morgan fingerprint density at radius 2 is 0.476 bits per heavy atom. The molecule has 0 fully saturated rings. The lowest BCUT2D eigenvalue weighted by Crippen LogP contribution is -2.03. The third-order valence-electron chi connectivity index (χ3n) is 7.60. The van der Waals surface area contributed by atoms with Crippen LogP contribution in [0.25, 0.3) is 67.0 Å². The second-order valence-corrected chi connectivity index (χ2v) is 10.2. The molecular weight excluding hydrogens is 508 g/mol. The van der Waals surface area contributed by atoms with Crippen LogP contribution in [0.1, 0.15) is 0 Å². The summed E-state index contributed by atoms with van der Waals surface area (Å²) in [5.74, 6) is 0.698. The summed E-state index contributed by atoms with van der Waals surface area (Å²) in [6.07, 6.45) is 3.67. The minimum atomic E-state index is 0.698. The van der Waals surface area contributed by atoms with Crippen LogP contribution in [-0.2, 0) is 0 Å². The van der Waals surface area contributed by atoms with Crippen LogP contribution in [0.2, 0.25) is 0 Å². The normalized spacial score (nSPS) is 10.9. The first-order valence-corrected chi connectivity index (χ1v) is 14.2. The Labute approximate surface area is 246 Å². The van der Waals surface area contributed by atoms with Crippen LogP contribution in [0.3, 0.4) is 0 Å². The first-order chi connectivity index (χ1) is 20.9. The predicted octanol–water partition coefficient (Wildman–Crippen LogP) is 10.5. The van der Waals surface area contributed by atoms with Gasteiger partial charge in [0.1, 0.15) is 0 Å². The van der Waals surface area contributed by atoms with Gasteiger partial charge in [0.15, 0.2) is 5.82 Å². The van der Waals surface area contributed by atoms with E-state index in [1.54, 1.807) is 0 Å². The molecule has 7 aromatic rings. The van der Waals surface area contributed by atoms with Crippen molar-refractivity contribution in [3.05, 3.63) is 170 Å². The number of hydrogen-bond donors (Lipinski definition) is 0. The quantitative estimate of drug-likeness (QED) is 0.211. The van der Waals surface area contributed by atoms with Gasteiger partial charge in [0.2, 0.25) is 0 Å². The van der Waals surface area contributed by atoms with Crippen molar-refractivity contribution in [1.29, 1.82) is 0 Å². The molecule has 2 heteroatoms. The number of aromatic nitrogens is 2. The molecule has 198 valence electrons. The summed E-state index contributed by atoms with van der Waals surface area (Å²) in [5.41, 5.74) is 12.4. The van der Waals surface area contributed by atoms with E-state index < -0.39 is 0 Å². The molecular formula is C40H28N2. The second-order valence-electron chi connectivity index (χ2n) is 10.2. The van der Waals surface area contributed by atoms with Crippen molar-refractivity contribution >= 4 is 0 Å². The molecule has 0 aliphatic rings. The summed E-state index contributed by atoms with van der Waals surface area (Å²) in [6, 6.07) is 55.4. The van der Waals surface area contributed by atoms with Gasteiger partial charge in [-0.05, 0) is 50.6 Å². The first kappa shape index (κ1) is 25.4. The molecule has 0 spiro atoms. The van der Waals surface area contributed by atoms with Crippen LogP contribution in [0.4, 0.5) is 0 Å². The highest BCUT2D eigenvalue weighted by molar-refractivity contribution is 6.14. The molecule has 1 aromatic heterocycles. The Morgan fingerprint density at radius 1 is 0.238 bits per heavy atom. The molecule has 2 nitrogen and oxygen atoms in total. The molecule has 0 bridgehead atoms. The Hall–Kier alpha value is -5.60. The summed E-state index contributed by atoms with van der Waals surface area (Å²) in [6.45, 7) is 0. The van der Waals surface area contributed by atoms with Gasteiger partial charge in [0.05, 0.1) is 0 Å². The van der Waals surface area contributed by atoms with Gasteiger partial charge in [-0.1, -0.05) is 152 Å². The standard InChI is InChI=1S/C40H28N2/c1-6-17-29(18-7-1)34-35(30-19-8-2-9-20-30)37(32-23-12-4-13-24-32)39(40-41-27-16-28-42-40)38(33-25-14-5-15-26-33)36(34)31-21-10-3-11-22-31/h1-28H. The van der Waals surface area contributed by atoms with Gasteiger partial charge in [-0.2, -0.15) is 0 Å². The molecule has 1 heterocycles. The van der Waals surface area contributed by atoms with Crippen molar-refractivity contribution < 1.29 is 0 Å². The SMILES string of the molecule is c1ccc(-c2c(-c3ccccc3)c(-c3ccccc3)c(-c3ncccn3)c(-c3ccccc3)c2-c2ccccc2)cc1. The molecule has 0 saturated carbocycles. The van der Waals surface area contributed by atoms with E-state index >= 15 is 0 Å². The number of rotatable bonds is 6. The van der Waals surface area contributed by atoms with E-state index in [2.05, 4.69) is 152 Å². The van der Waals surface area contributed by atoms with E-state index in [4.69, 9.17) is 9.97 Å². The van der Waals surface area contributed by atoms with Crippen LogP contribution in [0, 0.1) is 0 Å². The monoisotopic (exact) mass is 536 g/mol. The van der Waals surface area contributed by atoms with E-state index in [9.17, 15) is 0 Å². The molecule has 0 unspecified atom stereocenters. The van der Waals surface area contributed by atoms with E-state index in [1.807, 2.05) is 18.5 Å². The summed E-state index contributed by atoms with van der Waals surface area (Å²) in [7, 11) is 0. The molecule has 0 aliphatic heterocycles. The Morgan fingerprint density at radius 3 is 0.738 bits per heavy atom. The lowest BCUT2D eigenvalue weighted by atomic mass is 9.75. The van der Waals surface area contributed by atoms with Crippen molar-refractivity contribution in [3.8, 4) is 67.0 Å². The summed E-state index contributed by atoms with van der Waals surface area (Å²) in [5, 5.41) is 0. The number of nitrogens with zero attached hydrogens (tertiary/aromatic N) is 2. The van der Waals surface area contributed by atoms with Gasteiger partial charge in [-0.25, -0.2) is 9.97 Å². The molecule has 6 aromatic carbocycles. The maximum Gasteiger partial charge on any atom is 0.160 e. The zero-order valence-electron chi connectivity index (χ0n) is 23.1. The van der Waals surface area contributed by atoms with E-state index in [1.165, 1.54) is 5.56 Å². The van der Waals surface area contributed by atoms with E-state index in [0.717, 1.165) is 55.6 Å². The average molecular weight is 537 g/mol. The van der Waals surface area contributed by atoms with Crippen molar-refractivity contribution in [2.75, 3.05) is 0 Å². The third-order valence-corrected chi connectivity index (χ3v) is 7.60. The minimum absolute atomic E-state index is 0.698. The summed E-state index contributed by atoms with van der Waals surface area (Å²) < 4.78 is 0. The number of hydrogen-bond acceptors (Lipinski definition) is 2. The molecule has 0 radical (unpaired) electrons. The molecule has 0 aliphatic carbocycles.